The number of amides is 2. The molecule has 2 aromatic carbocycles. The maximum Gasteiger partial charge on any atom is 0.229 e. The number of ether oxygens (including phenoxy) is 2. The summed E-state index contributed by atoms with van der Waals surface area (Å²) in [7, 11) is 0. The first-order valence-corrected chi connectivity index (χ1v) is 14.3. The number of carbonyl (C=O) groups is 2. The molecule has 2 aromatic heterocycles. The Bertz CT molecular complexity index is 1360. The topological polar surface area (TPSA) is 128 Å². The summed E-state index contributed by atoms with van der Waals surface area (Å²) in [5.74, 6) is 1.96. The van der Waals surface area contributed by atoms with E-state index in [2.05, 4.69) is 31.0 Å². The van der Waals surface area contributed by atoms with E-state index in [1.807, 2.05) is 60.7 Å². The quantitative estimate of drug-likeness (QED) is 0.312. The second-order valence-electron chi connectivity index (χ2n) is 10.2. The van der Waals surface area contributed by atoms with E-state index in [-0.39, 0.29) is 24.7 Å². The van der Waals surface area contributed by atoms with Gasteiger partial charge >= 0.3 is 0 Å². The van der Waals surface area contributed by atoms with Crippen LogP contribution in [0.1, 0.15) is 48.2 Å². The number of anilines is 2. The van der Waals surface area contributed by atoms with Gasteiger partial charge in [0.05, 0.1) is 37.4 Å². The molecule has 0 atom stereocenters. The lowest BCUT2D eigenvalue weighted by Crippen LogP contribution is -2.16. The third-order valence-corrected chi connectivity index (χ3v) is 6.69. The Labute approximate surface area is 244 Å². The maximum absolute atomic E-state index is 12.6. The fourth-order valence-corrected chi connectivity index (χ4v) is 4.55. The van der Waals surface area contributed by atoms with Crippen LogP contribution in [0.4, 0.5) is 11.6 Å². The number of nitrogens with zero attached hydrogens (tertiary/aromatic N) is 4. The molecule has 0 aliphatic carbocycles. The predicted octanol–water partition coefficient (Wildman–Crippen LogP) is 4.75. The van der Waals surface area contributed by atoms with Crippen LogP contribution in [0.5, 0.6) is 11.5 Å². The fraction of sp³-hybridized carbons (Fsp3) is 0.312. The number of nitrogens with one attached hydrogen (secondary N) is 2. The number of hydrogen-bond acceptors (Lipinski definition) is 8. The number of carbonyl (C=O) groups excluding carboxylic acids is 2. The molecule has 7 rings (SSSR count). The van der Waals surface area contributed by atoms with E-state index in [0.717, 1.165) is 72.5 Å². The molecule has 10 nitrogen and oxygen atoms in total. The number of benzene rings is 2. The summed E-state index contributed by atoms with van der Waals surface area (Å²) in [6, 6.07) is 22.4. The highest BCUT2D eigenvalue weighted by molar-refractivity contribution is 5.91. The number of fused-ring (bicyclic) bond motifs is 2. The summed E-state index contributed by atoms with van der Waals surface area (Å²) >= 11 is 0. The number of aryl methyl sites for hydroxylation is 2. The Balaban J connectivity index is 1.22. The van der Waals surface area contributed by atoms with Crippen molar-refractivity contribution in [2.45, 2.75) is 51.4 Å². The first-order chi connectivity index (χ1) is 20.6. The van der Waals surface area contributed by atoms with Crippen LogP contribution >= 0.6 is 0 Å². The van der Waals surface area contributed by atoms with Crippen LogP contribution in [0, 0.1) is 0 Å². The molecule has 5 heterocycles. The zero-order chi connectivity index (χ0) is 29.0. The van der Waals surface area contributed by atoms with E-state index < -0.39 is 0 Å². The van der Waals surface area contributed by atoms with E-state index in [9.17, 15) is 9.59 Å². The Morgan fingerprint density at radius 1 is 0.548 bits per heavy atom. The highest BCUT2D eigenvalue weighted by atomic mass is 16.5. The molecule has 0 unspecified atom stereocenters. The van der Waals surface area contributed by atoms with E-state index >= 15 is 0 Å². The number of rotatable bonds is 0. The van der Waals surface area contributed by atoms with Crippen LogP contribution in [0.15, 0.2) is 72.8 Å². The Kier molecular flexibility index (Phi) is 10.0. The first-order valence-electron chi connectivity index (χ1n) is 14.3. The van der Waals surface area contributed by atoms with Crippen LogP contribution in [0.2, 0.25) is 0 Å². The minimum atomic E-state index is -0.165. The highest BCUT2D eigenvalue weighted by Gasteiger charge is 2.09. The molecule has 216 valence electrons. The summed E-state index contributed by atoms with van der Waals surface area (Å²) in [6.45, 7) is 1.07. The second-order valence-corrected chi connectivity index (χ2v) is 10.2. The largest absolute Gasteiger partial charge is 0.494 e. The van der Waals surface area contributed by atoms with Gasteiger partial charge in [0.2, 0.25) is 11.8 Å². The van der Waals surface area contributed by atoms with Crippen molar-refractivity contribution in [2.75, 3.05) is 23.8 Å². The van der Waals surface area contributed by atoms with Gasteiger partial charge in [-0.05, 0) is 98.2 Å². The zero-order valence-electron chi connectivity index (χ0n) is 23.4. The van der Waals surface area contributed by atoms with E-state index in [0.29, 0.717) is 24.8 Å². The van der Waals surface area contributed by atoms with Crippen LogP contribution in [-0.4, -0.2) is 45.4 Å². The highest BCUT2D eigenvalue weighted by Crippen LogP contribution is 2.17. The summed E-state index contributed by atoms with van der Waals surface area (Å²) in [6.07, 6.45) is 5.37. The van der Waals surface area contributed by atoms with Gasteiger partial charge in [0, 0.05) is 0 Å². The lowest BCUT2D eigenvalue weighted by molar-refractivity contribution is -0.116. The van der Waals surface area contributed by atoms with Crippen molar-refractivity contribution in [1.82, 2.24) is 20.4 Å². The third-order valence-electron chi connectivity index (χ3n) is 6.69. The average Bonchev–Trinajstić information content (AvgIpc) is 2.99. The molecule has 3 aliphatic rings. The molecule has 2 N–H and O–H groups in total. The minimum Gasteiger partial charge on any atom is -0.494 e. The van der Waals surface area contributed by atoms with Gasteiger partial charge in [0.25, 0.3) is 0 Å². The fourth-order valence-electron chi connectivity index (χ4n) is 4.55. The summed E-state index contributed by atoms with van der Waals surface area (Å²) in [4.78, 5) is 25.2. The Morgan fingerprint density at radius 3 is 1.45 bits per heavy atom. The molecule has 0 saturated heterocycles. The van der Waals surface area contributed by atoms with Crippen LogP contribution in [0.3, 0.4) is 0 Å². The molecule has 4 aromatic rings. The molecule has 3 aliphatic heterocycles. The van der Waals surface area contributed by atoms with Crippen molar-refractivity contribution in [3.05, 3.63) is 95.3 Å². The average molecular weight is 567 g/mol. The summed E-state index contributed by atoms with van der Waals surface area (Å²) < 4.78 is 11.8. The second kappa shape index (κ2) is 14.7. The van der Waals surface area contributed by atoms with E-state index in [1.54, 1.807) is 12.1 Å². The summed E-state index contributed by atoms with van der Waals surface area (Å²) in [5.41, 5.74) is 3.42. The molecule has 2 amide bonds. The van der Waals surface area contributed by atoms with Crippen molar-refractivity contribution >= 4 is 23.5 Å². The molecule has 8 bridgehead atoms. The standard InChI is InChI=1S/C32H34N6O4/c39-31-21-23-7-5-11-27(19-23)41-17-3-4-18-42-28-12-6-8-24(20-28)22-32(40)34-30-16-14-26(36-38-30)10-2-1-9-25-13-15-29(33-31)37-35-25/h5-8,11-16,19-20H,1-4,9-10,17-18,21-22H2,(H,33,37,39)(H,34,38,40). The van der Waals surface area contributed by atoms with E-state index in [4.69, 9.17) is 9.47 Å². The number of hydrogen-bond donors (Lipinski definition) is 2. The van der Waals surface area contributed by atoms with E-state index in [1.165, 1.54) is 0 Å². The van der Waals surface area contributed by atoms with Gasteiger partial charge in [-0.3, -0.25) is 9.59 Å². The molecule has 0 spiro atoms. The van der Waals surface area contributed by atoms with Gasteiger partial charge in [0.1, 0.15) is 11.5 Å². The minimum absolute atomic E-state index is 0.165. The Morgan fingerprint density at radius 2 is 1.02 bits per heavy atom. The lowest BCUT2D eigenvalue weighted by Gasteiger charge is -2.10. The Hall–Kier alpha value is -4.86. The van der Waals surface area contributed by atoms with Gasteiger partial charge in [-0.25, -0.2) is 0 Å². The third kappa shape index (κ3) is 9.09. The normalized spacial score (nSPS) is 15.5. The molecule has 0 radical (unpaired) electrons. The predicted molar refractivity (Wildman–Crippen MR) is 158 cm³/mol. The summed E-state index contributed by atoms with van der Waals surface area (Å²) in [5, 5.41) is 22.5. The van der Waals surface area contributed by atoms with Crippen LogP contribution in [-0.2, 0) is 35.3 Å². The van der Waals surface area contributed by atoms with Gasteiger partial charge in [0.15, 0.2) is 11.6 Å². The van der Waals surface area contributed by atoms with Gasteiger partial charge in [-0.15, -0.1) is 10.2 Å². The van der Waals surface area contributed by atoms with Crippen molar-refractivity contribution in [2.24, 2.45) is 0 Å². The van der Waals surface area contributed by atoms with Crippen molar-refractivity contribution in [1.29, 1.82) is 0 Å². The molecule has 42 heavy (non-hydrogen) atoms. The monoisotopic (exact) mass is 566 g/mol. The van der Waals surface area contributed by atoms with Crippen molar-refractivity contribution in [3.8, 4) is 11.5 Å². The van der Waals surface area contributed by atoms with Gasteiger partial charge in [-0.2, -0.15) is 10.2 Å². The number of aromatic nitrogens is 4. The molecule has 10 heteroatoms. The van der Waals surface area contributed by atoms with Gasteiger partial charge < -0.3 is 20.1 Å². The van der Waals surface area contributed by atoms with Crippen molar-refractivity contribution < 1.29 is 19.1 Å². The maximum atomic E-state index is 12.6. The van der Waals surface area contributed by atoms with Gasteiger partial charge in [-0.1, -0.05) is 24.3 Å². The molecule has 0 saturated carbocycles. The van der Waals surface area contributed by atoms with Crippen molar-refractivity contribution in [3.63, 3.8) is 0 Å². The SMILES string of the molecule is O=C1Cc2cccc(c2)OCCCCOc2cccc(c2)CC(=O)Nc2ccc(nn2)CCCCc2ccc(nn2)N1. The zero-order valence-corrected chi connectivity index (χ0v) is 23.4. The molecule has 0 fully saturated rings. The molecular formula is C32H34N6O4. The van der Waals surface area contributed by atoms with Crippen LogP contribution in [0.25, 0.3) is 0 Å². The van der Waals surface area contributed by atoms with Crippen LogP contribution < -0.4 is 20.1 Å². The lowest BCUT2D eigenvalue weighted by atomic mass is 10.1. The molecular weight excluding hydrogens is 532 g/mol. The smallest absolute Gasteiger partial charge is 0.229 e. The first kappa shape index (κ1) is 28.7.